The molecule has 1 aliphatic heterocycles. The second-order valence-electron chi connectivity index (χ2n) is 5.10. The molecule has 1 aromatic rings. The summed E-state index contributed by atoms with van der Waals surface area (Å²) in [7, 11) is 0. The van der Waals surface area contributed by atoms with Crippen molar-refractivity contribution < 1.29 is 14.3 Å². The Kier molecular flexibility index (Phi) is 5.36. The summed E-state index contributed by atoms with van der Waals surface area (Å²) >= 11 is 0. The molecule has 6 nitrogen and oxygen atoms in total. The molecule has 0 radical (unpaired) electrons. The minimum Gasteiger partial charge on any atom is -0.478 e. The van der Waals surface area contributed by atoms with Gasteiger partial charge in [-0.3, -0.25) is 0 Å². The number of aryl methyl sites for hydroxylation is 1. The first kappa shape index (κ1) is 15.5. The number of ether oxygens (including phenoxy) is 2. The van der Waals surface area contributed by atoms with Crippen LogP contribution in [-0.2, 0) is 9.53 Å². The van der Waals surface area contributed by atoms with E-state index in [1.165, 1.54) is 0 Å². The van der Waals surface area contributed by atoms with E-state index >= 15 is 0 Å². The van der Waals surface area contributed by atoms with Gasteiger partial charge in [-0.05, 0) is 33.1 Å². The molecule has 0 spiro atoms. The highest BCUT2D eigenvalue weighted by molar-refractivity contribution is 5.80. The van der Waals surface area contributed by atoms with Gasteiger partial charge in [0.05, 0.1) is 13.2 Å². The van der Waals surface area contributed by atoms with E-state index < -0.39 is 0 Å². The number of hydrogen-bond acceptors (Lipinski definition) is 6. The third-order valence-electron chi connectivity index (χ3n) is 3.34. The lowest BCUT2D eigenvalue weighted by molar-refractivity contribution is -0.144. The van der Waals surface area contributed by atoms with E-state index in [1.54, 1.807) is 0 Å². The highest BCUT2D eigenvalue weighted by atomic mass is 16.5. The van der Waals surface area contributed by atoms with Crippen LogP contribution in [0.2, 0.25) is 0 Å². The van der Waals surface area contributed by atoms with Crippen LogP contribution in [0.1, 0.15) is 38.8 Å². The first-order valence-corrected chi connectivity index (χ1v) is 7.57. The summed E-state index contributed by atoms with van der Waals surface area (Å²) in [5.41, 5.74) is 0.834. The maximum absolute atomic E-state index is 12.0. The summed E-state index contributed by atoms with van der Waals surface area (Å²) in [6, 6.07) is 1.53. The first-order chi connectivity index (χ1) is 10.2. The number of esters is 1. The van der Waals surface area contributed by atoms with Crippen LogP contribution in [-0.4, -0.2) is 41.7 Å². The number of anilines is 1. The molecule has 1 unspecified atom stereocenters. The Balaban J connectivity index is 2.19. The Morgan fingerprint density at radius 1 is 1.43 bits per heavy atom. The van der Waals surface area contributed by atoms with Gasteiger partial charge < -0.3 is 14.4 Å². The third kappa shape index (κ3) is 3.83. The van der Waals surface area contributed by atoms with Crippen LogP contribution < -0.4 is 9.64 Å². The number of aromatic nitrogens is 2. The van der Waals surface area contributed by atoms with Crippen molar-refractivity contribution in [3.05, 3.63) is 11.8 Å². The summed E-state index contributed by atoms with van der Waals surface area (Å²) in [5, 5.41) is 0. The molecular weight excluding hydrogens is 270 g/mol. The fraction of sp³-hybridized carbons (Fsp3) is 0.667. The Bertz CT molecular complexity index is 493. The van der Waals surface area contributed by atoms with Gasteiger partial charge in [-0.25, -0.2) is 9.78 Å². The number of rotatable bonds is 6. The molecule has 0 N–H and O–H groups in total. The van der Waals surface area contributed by atoms with Gasteiger partial charge in [-0.15, -0.1) is 0 Å². The molecule has 2 heterocycles. The SMILES string of the molecule is CCCOc1cc(C)nc(N2CCCC2C(=O)OCC)n1. The largest absolute Gasteiger partial charge is 0.478 e. The van der Waals surface area contributed by atoms with Gasteiger partial charge in [-0.2, -0.15) is 4.98 Å². The maximum atomic E-state index is 12.0. The van der Waals surface area contributed by atoms with Crippen molar-refractivity contribution >= 4 is 11.9 Å². The van der Waals surface area contributed by atoms with E-state index in [-0.39, 0.29) is 12.0 Å². The molecule has 116 valence electrons. The summed E-state index contributed by atoms with van der Waals surface area (Å²) in [6.45, 7) is 7.54. The molecule has 0 bridgehead atoms. The normalized spacial score (nSPS) is 17.9. The topological polar surface area (TPSA) is 64.5 Å². The minimum atomic E-state index is -0.286. The number of hydrogen-bond donors (Lipinski definition) is 0. The van der Waals surface area contributed by atoms with Crippen LogP contribution in [0.25, 0.3) is 0 Å². The van der Waals surface area contributed by atoms with Gasteiger partial charge in [0.15, 0.2) is 0 Å². The summed E-state index contributed by atoms with van der Waals surface area (Å²) in [5.74, 6) is 0.918. The second-order valence-corrected chi connectivity index (χ2v) is 5.10. The summed E-state index contributed by atoms with van der Waals surface area (Å²) in [6.07, 6.45) is 2.64. The smallest absolute Gasteiger partial charge is 0.328 e. The number of carbonyl (C=O) groups is 1. The fourth-order valence-corrected chi connectivity index (χ4v) is 2.42. The Morgan fingerprint density at radius 2 is 2.24 bits per heavy atom. The maximum Gasteiger partial charge on any atom is 0.328 e. The van der Waals surface area contributed by atoms with Gasteiger partial charge in [-0.1, -0.05) is 6.92 Å². The van der Waals surface area contributed by atoms with Gasteiger partial charge in [0.25, 0.3) is 0 Å². The summed E-state index contributed by atoms with van der Waals surface area (Å²) in [4.78, 5) is 22.8. The number of carbonyl (C=O) groups excluding carboxylic acids is 1. The molecule has 0 aromatic carbocycles. The van der Waals surface area contributed by atoms with Gasteiger partial charge in [0.1, 0.15) is 6.04 Å². The molecule has 6 heteroatoms. The first-order valence-electron chi connectivity index (χ1n) is 7.57. The van der Waals surface area contributed by atoms with E-state index in [9.17, 15) is 4.79 Å². The predicted molar refractivity (Wildman–Crippen MR) is 79.6 cm³/mol. The lowest BCUT2D eigenvalue weighted by Crippen LogP contribution is -2.38. The quantitative estimate of drug-likeness (QED) is 0.748. The van der Waals surface area contributed by atoms with Gasteiger partial charge in [0.2, 0.25) is 11.8 Å². The van der Waals surface area contributed by atoms with Crippen LogP contribution in [0.15, 0.2) is 6.07 Å². The molecule has 1 atom stereocenters. The van der Waals surface area contributed by atoms with Crippen molar-refractivity contribution in [1.82, 2.24) is 9.97 Å². The van der Waals surface area contributed by atoms with Gasteiger partial charge >= 0.3 is 5.97 Å². The average molecular weight is 293 g/mol. The predicted octanol–water partition coefficient (Wildman–Crippen LogP) is 2.11. The van der Waals surface area contributed by atoms with E-state index in [1.807, 2.05) is 31.7 Å². The molecule has 2 rings (SSSR count). The van der Waals surface area contributed by atoms with E-state index in [0.29, 0.717) is 25.0 Å². The van der Waals surface area contributed by atoms with Crippen LogP contribution in [0.3, 0.4) is 0 Å². The minimum absolute atomic E-state index is 0.198. The average Bonchev–Trinajstić information content (AvgIpc) is 2.94. The Labute approximate surface area is 125 Å². The zero-order valence-electron chi connectivity index (χ0n) is 13.0. The van der Waals surface area contributed by atoms with Gasteiger partial charge in [0, 0.05) is 18.3 Å². The van der Waals surface area contributed by atoms with Crippen LogP contribution >= 0.6 is 0 Å². The number of nitrogens with zero attached hydrogens (tertiary/aromatic N) is 3. The third-order valence-corrected chi connectivity index (χ3v) is 3.34. The zero-order valence-corrected chi connectivity index (χ0v) is 13.0. The standard InChI is InChI=1S/C15H23N3O3/c1-4-9-21-13-10-11(3)16-15(17-13)18-8-6-7-12(18)14(19)20-5-2/h10,12H,4-9H2,1-3H3. The summed E-state index contributed by atoms with van der Waals surface area (Å²) < 4.78 is 10.7. The lowest BCUT2D eigenvalue weighted by atomic mass is 10.2. The molecule has 1 fully saturated rings. The van der Waals surface area contributed by atoms with E-state index in [0.717, 1.165) is 31.5 Å². The van der Waals surface area contributed by atoms with Crippen molar-refractivity contribution in [2.75, 3.05) is 24.7 Å². The van der Waals surface area contributed by atoms with Crippen LogP contribution in [0.5, 0.6) is 5.88 Å². The molecule has 0 aliphatic carbocycles. The lowest BCUT2D eigenvalue weighted by Gasteiger charge is -2.23. The van der Waals surface area contributed by atoms with Crippen LogP contribution in [0, 0.1) is 6.92 Å². The zero-order chi connectivity index (χ0) is 15.2. The van der Waals surface area contributed by atoms with Crippen LogP contribution in [0.4, 0.5) is 5.95 Å². The molecule has 1 saturated heterocycles. The highest BCUT2D eigenvalue weighted by Crippen LogP contribution is 2.25. The van der Waals surface area contributed by atoms with Crippen molar-refractivity contribution in [2.24, 2.45) is 0 Å². The fourth-order valence-electron chi connectivity index (χ4n) is 2.42. The molecule has 0 amide bonds. The molecule has 1 aromatic heterocycles. The molecule has 0 saturated carbocycles. The van der Waals surface area contributed by atoms with Crippen molar-refractivity contribution in [3.8, 4) is 5.88 Å². The molecule has 1 aliphatic rings. The Morgan fingerprint density at radius 3 is 2.95 bits per heavy atom. The van der Waals surface area contributed by atoms with Crippen molar-refractivity contribution in [2.45, 2.75) is 46.1 Å². The van der Waals surface area contributed by atoms with Crippen molar-refractivity contribution in [3.63, 3.8) is 0 Å². The van der Waals surface area contributed by atoms with E-state index in [4.69, 9.17) is 9.47 Å². The van der Waals surface area contributed by atoms with E-state index in [2.05, 4.69) is 9.97 Å². The highest BCUT2D eigenvalue weighted by Gasteiger charge is 2.33. The molecular formula is C15H23N3O3. The molecule has 21 heavy (non-hydrogen) atoms. The Hall–Kier alpha value is -1.85. The second kappa shape index (κ2) is 7.24. The monoisotopic (exact) mass is 293 g/mol. The van der Waals surface area contributed by atoms with Crippen molar-refractivity contribution in [1.29, 1.82) is 0 Å².